The molecule has 0 spiro atoms. The largest absolute Gasteiger partial charge is 1.00 e. The molecule has 0 radical (unpaired) electrons. The summed E-state index contributed by atoms with van der Waals surface area (Å²) in [7, 11) is 0. The predicted molar refractivity (Wildman–Crippen MR) is 22.7 cm³/mol. The third kappa shape index (κ3) is 2990. The first kappa shape index (κ1) is 20.4. The molecule has 0 nitrogen and oxygen atoms in total. The summed E-state index contributed by atoms with van der Waals surface area (Å²) < 4.78 is 0. The zero-order chi connectivity index (χ0) is 4.00. The molecule has 0 saturated heterocycles. The second-order valence-corrected chi connectivity index (χ2v) is 0. The number of halogens is 1. The minimum atomic E-state index is 0. The fourth-order valence-electron chi connectivity index (χ4n) is 0. The molecule has 5 heavy (non-hydrogen) atoms. The summed E-state index contributed by atoms with van der Waals surface area (Å²) in [6.45, 7) is 8.00. The summed E-state index contributed by atoms with van der Waals surface area (Å²) >= 11 is 0. The molecular formula is C4H12F-. The molecule has 0 fully saturated rings. The van der Waals surface area contributed by atoms with Gasteiger partial charge in [0.25, 0.3) is 0 Å². The average molecular weight is 79.1 g/mol. The van der Waals surface area contributed by atoms with Crippen LogP contribution >= 0.6 is 0 Å². The maximum Gasteiger partial charge on any atom is -0.0683 e. The van der Waals surface area contributed by atoms with Crippen molar-refractivity contribution in [2.45, 2.75) is 27.7 Å². The topological polar surface area (TPSA) is 0 Å². The second-order valence-electron chi connectivity index (χ2n) is 0. The molecule has 0 saturated carbocycles. The Bertz CT molecular complexity index is 3.61. The van der Waals surface area contributed by atoms with Crippen LogP contribution in [0.25, 0.3) is 0 Å². The zero-order valence-corrected chi connectivity index (χ0v) is 4.38. The van der Waals surface area contributed by atoms with Crippen LogP contribution in [0, 0.1) is 0 Å². The van der Waals surface area contributed by atoms with Crippen molar-refractivity contribution in [1.82, 2.24) is 0 Å². The lowest BCUT2D eigenvalue weighted by Gasteiger charge is -1.07. The van der Waals surface area contributed by atoms with Gasteiger partial charge >= 0.3 is 0 Å². The van der Waals surface area contributed by atoms with E-state index in [1.807, 2.05) is 27.7 Å². The van der Waals surface area contributed by atoms with E-state index in [2.05, 4.69) is 0 Å². The Kier molecular flexibility index (Phi) is 28200. The van der Waals surface area contributed by atoms with Crippen LogP contribution in [-0.4, -0.2) is 0 Å². The van der Waals surface area contributed by atoms with Crippen LogP contribution in [0.3, 0.4) is 0 Å². The quantitative estimate of drug-likeness (QED) is 0.351. The van der Waals surface area contributed by atoms with Crippen LogP contribution in [0.1, 0.15) is 27.7 Å². The van der Waals surface area contributed by atoms with E-state index in [9.17, 15) is 0 Å². The smallest absolute Gasteiger partial charge is 0.0683 e. The lowest BCUT2D eigenvalue weighted by atomic mass is 11.0. The van der Waals surface area contributed by atoms with Gasteiger partial charge in [-0.2, -0.15) is 0 Å². The van der Waals surface area contributed by atoms with Gasteiger partial charge in [0.15, 0.2) is 0 Å². The van der Waals surface area contributed by atoms with Gasteiger partial charge < -0.3 is 4.70 Å². The van der Waals surface area contributed by atoms with Crippen LogP contribution in [0.5, 0.6) is 0 Å². The Hall–Kier alpha value is -0.0700. The van der Waals surface area contributed by atoms with Crippen LogP contribution in [0.15, 0.2) is 0 Å². The molecule has 0 bridgehead atoms. The molecule has 0 heterocycles. The Morgan fingerprint density at radius 1 is 0.600 bits per heavy atom. The van der Waals surface area contributed by atoms with Crippen molar-refractivity contribution in [1.29, 1.82) is 0 Å². The SMILES string of the molecule is CC.CC.[F-]. The summed E-state index contributed by atoms with van der Waals surface area (Å²) in [5, 5.41) is 0. The molecule has 0 aromatic rings. The van der Waals surface area contributed by atoms with E-state index < -0.39 is 0 Å². The van der Waals surface area contributed by atoms with Crippen LogP contribution in [0.4, 0.5) is 0 Å². The Morgan fingerprint density at radius 2 is 0.600 bits per heavy atom. The molecule has 0 amide bonds. The standard InChI is InChI=1S/2C2H6.FH/c2*1-2;/h2*1-2H3;1H/p-1. The Labute approximate surface area is 33.6 Å². The van der Waals surface area contributed by atoms with Gasteiger partial charge in [0.05, 0.1) is 0 Å². The van der Waals surface area contributed by atoms with E-state index in [1.54, 1.807) is 0 Å². The van der Waals surface area contributed by atoms with Crippen molar-refractivity contribution < 1.29 is 4.70 Å². The number of hydrogen-bond acceptors (Lipinski definition) is 0. The van der Waals surface area contributed by atoms with Crippen LogP contribution < -0.4 is 4.70 Å². The van der Waals surface area contributed by atoms with E-state index in [-0.39, 0.29) is 4.70 Å². The van der Waals surface area contributed by atoms with Gasteiger partial charge in [0.2, 0.25) is 0 Å². The first-order chi connectivity index (χ1) is 2.00. The maximum absolute atomic E-state index is 2.00. The first-order valence-electron chi connectivity index (χ1n) is 2.00. The predicted octanol–water partition coefficient (Wildman–Crippen LogP) is -0.944. The Balaban J connectivity index is -0.0000000133. The van der Waals surface area contributed by atoms with Crippen molar-refractivity contribution in [3.63, 3.8) is 0 Å². The number of rotatable bonds is 0. The van der Waals surface area contributed by atoms with Crippen molar-refractivity contribution in [3.8, 4) is 0 Å². The van der Waals surface area contributed by atoms with Crippen LogP contribution in [0.2, 0.25) is 0 Å². The van der Waals surface area contributed by atoms with Crippen molar-refractivity contribution in [2.24, 2.45) is 0 Å². The van der Waals surface area contributed by atoms with Gasteiger partial charge in [0, 0.05) is 0 Å². The minimum absolute atomic E-state index is 0. The molecule has 1 heteroatoms. The monoisotopic (exact) mass is 79.1 g/mol. The normalized spacial score (nSPS) is 2.40. The van der Waals surface area contributed by atoms with E-state index in [0.29, 0.717) is 0 Å². The maximum atomic E-state index is 2.00. The molecular weight excluding hydrogens is 67.0 g/mol. The van der Waals surface area contributed by atoms with Crippen molar-refractivity contribution in [3.05, 3.63) is 0 Å². The molecule has 0 unspecified atom stereocenters. The molecule has 36 valence electrons. The highest BCUT2D eigenvalue weighted by atomic mass is 19.0. The average Bonchev–Trinajstić information content (AvgIpc) is 1.50. The number of hydrogen-bond donors (Lipinski definition) is 0. The van der Waals surface area contributed by atoms with Crippen LogP contribution in [-0.2, 0) is 0 Å². The molecule has 0 aliphatic carbocycles. The van der Waals surface area contributed by atoms with E-state index in [1.165, 1.54) is 0 Å². The van der Waals surface area contributed by atoms with Gasteiger partial charge in [-0.25, -0.2) is 0 Å². The molecule has 0 rings (SSSR count). The fraction of sp³-hybridized carbons (Fsp3) is 1.00. The van der Waals surface area contributed by atoms with E-state index in [0.717, 1.165) is 0 Å². The zero-order valence-electron chi connectivity index (χ0n) is 4.38. The van der Waals surface area contributed by atoms with E-state index >= 15 is 0 Å². The second kappa shape index (κ2) is 6890. The van der Waals surface area contributed by atoms with Gasteiger partial charge in [-0.05, 0) is 0 Å². The molecule has 0 aliphatic rings. The lowest BCUT2D eigenvalue weighted by Crippen LogP contribution is -3.00. The third-order valence-corrected chi connectivity index (χ3v) is 0. The molecule has 0 N–H and O–H groups in total. The Morgan fingerprint density at radius 3 is 0.600 bits per heavy atom. The summed E-state index contributed by atoms with van der Waals surface area (Å²) in [5.74, 6) is 0. The highest BCUT2D eigenvalue weighted by molar-refractivity contribution is 3.51. The van der Waals surface area contributed by atoms with Crippen molar-refractivity contribution in [2.75, 3.05) is 0 Å². The third-order valence-electron chi connectivity index (χ3n) is 0. The summed E-state index contributed by atoms with van der Waals surface area (Å²) in [5.41, 5.74) is 0. The van der Waals surface area contributed by atoms with Gasteiger partial charge in [-0.15, -0.1) is 0 Å². The summed E-state index contributed by atoms with van der Waals surface area (Å²) in [6, 6.07) is 0. The minimum Gasteiger partial charge on any atom is -1.00 e. The van der Waals surface area contributed by atoms with Gasteiger partial charge in [-0.1, -0.05) is 27.7 Å². The lowest BCUT2D eigenvalue weighted by molar-refractivity contribution is -0.00000114. The summed E-state index contributed by atoms with van der Waals surface area (Å²) in [6.07, 6.45) is 0. The highest BCUT2D eigenvalue weighted by Crippen LogP contribution is 1.15. The summed E-state index contributed by atoms with van der Waals surface area (Å²) in [4.78, 5) is 0. The molecule has 0 aromatic carbocycles. The van der Waals surface area contributed by atoms with Gasteiger partial charge in [-0.3, -0.25) is 0 Å². The molecule has 0 aromatic heterocycles. The van der Waals surface area contributed by atoms with Crippen molar-refractivity contribution >= 4 is 0 Å². The molecule has 0 atom stereocenters. The molecule has 0 aliphatic heterocycles. The van der Waals surface area contributed by atoms with Gasteiger partial charge in [0.1, 0.15) is 0 Å². The van der Waals surface area contributed by atoms with E-state index in [4.69, 9.17) is 0 Å². The fourth-order valence-corrected chi connectivity index (χ4v) is 0. The first-order valence-corrected chi connectivity index (χ1v) is 2.00. The highest BCUT2D eigenvalue weighted by Gasteiger charge is 0.934.